The Kier molecular flexibility index (Phi) is 2.06. The van der Waals surface area contributed by atoms with Crippen LogP contribution in [0.1, 0.15) is 6.92 Å². The average Bonchev–Trinajstić information content (AvgIpc) is 2.34. The molecule has 0 aliphatic carbocycles. The van der Waals surface area contributed by atoms with E-state index in [1.807, 2.05) is 6.92 Å². The molecular weight excluding hydrogens is 116 g/mol. The van der Waals surface area contributed by atoms with Gasteiger partial charge in [-0.2, -0.15) is 5.10 Å². The van der Waals surface area contributed by atoms with Gasteiger partial charge in [-0.25, -0.2) is 10.4 Å². The zero-order chi connectivity index (χ0) is 6.53. The fourth-order valence-electron chi connectivity index (χ4n) is 0.598. The molecule has 0 aromatic carbocycles. The molecule has 0 bridgehead atoms. The van der Waals surface area contributed by atoms with Crippen molar-refractivity contribution < 1.29 is 0 Å². The van der Waals surface area contributed by atoms with Crippen molar-refractivity contribution in [1.29, 1.82) is 0 Å². The lowest BCUT2D eigenvalue weighted by Gasteiger charge is -1.96. The number of hydrogen-bond donors (Lipinski definition) is 2. The summed E-state index contributed by atoms with van der Waals surface area (Å²) in [7, 11) is 0. The Balaban J connectivity index is 2.26. The van der Waals surface area contributed by atoms with Gasteiger partial charge in [-0.1, -0.05) is 0 Å². The van der Waals surface area contributed by atoms with Crippen molar-refractivity contribution in [1.82, 2.24) is 10.7 Å². The zero-order valence-corrected chi connectivity index (χ0v) is 5.39. The van der Waals surface area contributed by atoms with Gasteiger partial charge in [0.05, 0.1) is 6.54 Å². The summed E-state index contributed by atoms with van der Waals surface area (Å²) in [5.41, 5.74) is 2.74. The molecule has 0 fully saturated rings. The van der Waals surface area contributed by atoms with Crippen LogP contribution in [0, 0.1) is 0 Å². The summed E-state index contributed by atoms with van der Waals surface area (Å²) < 4.78 is 0. The SMILES string of the molecule is CC=NNC1=NCCN1. The van der Waals surface area contributed by atoms with Gasteiger partial charge >= 0.3 is 0 Å². The van der Waals surface area contributed by atoms with Crippen molar-refractivity contribution in [3.63, 3.8) is 0 Å². The van der Waals surface area contributed by atoms with Gasteiger partial charge < -0.3 is 5.32 Å². The summed E-state index contributed by atoms with van der Waals surface area (Å²) >= 11 is 0. The second-order valence-corrected chi connectivity index (χ2v) is 1.66. The molecule has 0 spiro atoms. The van der Waals surface area contributed by atoms with Crippen molar-refractivity contribution in [2.75, 3.05) is 13.1 Å². The molecule has 0 amide bonds. The minimum atomic E-state index is 0.771. The Bertz CT molecular complexity index is 138. The first kappa shape index (κ1) is 6.07. The van der Waals surface area contributed by atoms with Gasteiger partial charge in [-0.05, 0) is 6.92 Å². The molecule has 1 rings (SSSR count). The molecule has 0 saturated carbocycles. The third kappa shape index (κ3) is 1.71. The number of nitrogens with zero attached hydrogens (tertiary/aromatic N) is 2. The van der Waals surface area contributed by atoms with Crippen LogP contribution in [0.2, 0.25) is 0 Å². The highest BCUT2D eigenvalue weighted by atomic mass is 15.4. The lowest BCUT2D eigenvalue weighted by Crippen LogP contribution is -2.29. The Labute approximate surface area is 54.1 Å². The maximum atomic E-state index is 4.05. The zero-order valence-electron chi connectivity index (χ0n) is 5.39. The summed E-state index contributed by atoms with van der Waals surface area (Å²) in [5.74, 6) is 0.771. The Morgan fingerprint density at radius 3 is 3.33 bits per heavy atom. The van der Waals surface area contributed by atoms with Crippen LogP contribution < -0.4 is 10.7 Å². The van der Waals surface area contributed by atoms with Gasteiger partial charge in [0.2, 0.25) is 5.96 Å². The highest BCUT2D eigenvalue weighted by Crippen LogP contribution is 1.79. The Morgan fingerprint density at radius 1 is 1.89 bits per heavy atom. The van der Waals surface area contributed by atoms with Crippen molar-refractivity contribution in [3.8, 4) is 0 Å². The summed E-state index contributed by atoms with van der Waals surface area (Å²) in [4.78, 5) is 4.05. The third-order valence-corrected chi connectivity index (χ3v) is 0.974. The first-order valence-electron chi connectivity index (χ1n) is 2.95. The molecule has 9 heavy (non-hydrogen) atoms. The van der Waals surface area contributed by atoms with E-state index in [1.165, 1.54) is 0 Å². The van der Waals surface area contributed by atoms with E-state index in [-0.39, 0.29) is 0 Å². The van der Waals surface area contributed by atoms with E-state index in [0.717, 1.165) is 19.0 Å². The normalized spacial score (nSPS) is 17.7. The Morgan fingerprint density at radius 2 is 2.78 bits per heavy atom. The fraction of sp³-hybridized carbons (Fsp3) is 0.600. The number of hydrazone groups is 1. The summed E-state index contributed by atoms with van der Waals surface area (Å²) in [6, 6.07) is 0. The van der Waals surface area contributed by atoms with Gasteiger partial charge in [0.25, 0.3) is 0 Å². The molecule has 1 aliphatic heterocycles. The van der Waals surface area contributed by atoms with Crippen molar-refractivity contribution >= 4 is 12.2 Å². The standard InChI is InChI=1S/C5H10N4/c1-2-8-9-5-6-3-4-7-5/h2H,3-4H2,1H3,(H2,6,7,9). The van der Waals surface area contributed by atoms with Crippen molar-refractivity contribution in [2.45, 2.75) is 6.92 Å². The van der Waals surface area contributed by atoms with Crippen LogP contribution >= 0.6 is 0 Å². The highest BCUT2D eigenvalue weighted by molar-refractivity contribution is 5.81. The van der Waals surface area contributed by atoms with Crippen LogP contribution in [0.15, 0.2) is 10.1 Å². The lowest BCUT2D eigenvalue weighted by atomic mass is 10.7. The largest absolute Gasteiger partial charge is 0.353 e. The van der Waals surface area contributed by atoms with Crippen molar-refractivity contribution in [3.05, 3.63) is 0 Å². The third-order valence-electron chi connectivity index (χ3n) is 0.974. The molecule has 0 aromatic heterocycles. The molecule has 2 N–H and O–H groups in total. The van der Waals surface area contributed by atoms with Gasteiger partial charge in [0.1, 0.15) is 0 Å². The molecule has 0 atom stereocenters. The van der Waals surface area contributed by atoms with Crippen LogP contribution in [-0.4, -0.2) is 25.3 Å². The molecule has 50 valence electrons. The monoisotopic (exact) mass is 126 g/mol. The van der Waals surface area contributed by atoms with Gasteiger partial charge in [-0.3, -0.25) is 0 Å². The number of hydrogen-bond acceptors (Lipinski definition) is 4. The first-order valence-corrected chi connectivity index (χ1v) is 2.95. The minimum absolute atomic E-state index is 0.771. The quantitative estimate of drug-likeness (QED) is 0.369. The van der Waals surface area contributed by atoms with E-state index in [9.17, 15) is 0 Å². The molecule has 4 heteroatoms. The second kappa shape index (κ2) is 3.06. The van der Waals surface area contributed by atoms with Crippen LogP contribution in [0.4, 0.5) is 0 Å². The second-order valence-electron chi connectivity index (χ2n) is 1.66. The average molecular weight is 126 g/mol. The van der Waals surface area contributed by atoms with Gasteiger partial charge in [0.15, 0.2) is 0 Å². The summed E-state index contributed by atoms with van der Waals surface area (Å²) in [5, 5.41) is 6.80. The smallest absolute Gasteiger partial charge is 0.212 e. The highest BCUT2D eigenvalue weighted by Gasteiger charge is 2.00. The molecule has 4 nitrogen and oxygen atoms in total. The topological polar surface area (TPSA) is 48.8 Å². The fourth-order valence-corrected chi connectivity index (χ4v) is 0.598. The van der Waals surface area contributed by atoms with E-state index < -0.39 is 0 Å². The maximum absolute atomic E-state index is 4.05. The molecule has 0 radical (unpaired) electrons. The van der Waals surface area contributed by atoms with Gasteiger partial charge in [-0.15, -0.1) is 0 Å². The number of rotatable bonds is 1. The first-order chi connectivity index (χ1) is 4.43. The van der Waals surface area contributed by atoms with E-state index >= 15 is 0 Å². The summed E-state index contributed by atoms with van der Waals surface area (Å²) in [6.45, 7) is 3.62. The van der Waals surface area contributed by atoms with Crippen LogP contribution in [-0.2, 0) is 0 Å². The van der Waals surface area contributed by atoms with E-state index in [0.29, 0.717) is 0 Å². The number of aliphatic imine (C=N–C) groups is 1. The molecule has 1 heterocycles. The Hall–Kier alpha value is -1.06. The van der Waals surface area contributed by atoms with Crippen LogP contribution in [0.3, 0.4) is 0 Å². The molecule has 1 aliphatic rings. The number of guanidine groups is 1. The minimum Gasteiger partial charge on any atom is -0.353 e. The van der Waals surface area contributed by atoms with E-state index in [4.69, 9.17) is 0 Å². The molecule has 0 saturated heterocycles. The van der Waals surface area contributed by atoms with Crippen LogP contribution in [0.25, 0.3) is 0 Å². The van der Waals surface area contributed by atoms with Crippen LogP contribution in [0.5, 0.6) is 0 Å². The van der Waals surface area contributed by atoms with Crippen molar-refractivity contribution in [2.24, 2.45) is 10.1 Å². The van der Waals surface area contributed by atoms with E-state index in [1.54, 1.807) is 6.21 Å². The lowest BCUT2D eigenvalue weighted by molar-refractivity contribution is 0.919. The predicted octanol–water partition coefficient (Wildman–Crippen LogP) is -0.459. The summed E-state index contributed by atoms with van der Waals surface area (Å²) in [6.07, 6.45) is 1.68. The molecule has 0 aromatic rings. The van der Waals surface area contributed by atoms with Gasteiger partial charge in [0, 0.05) is 12.8 Å². The molecule has 0 unspecified atom stereocenters. The maximum Gasteiger partial charge on any atom is 0.212 e. The number of nitrogens with one attached hydrogen (secondary N) is 2. The predicted molar refractivity (Wildman–Crippen MR) is 37.6 cm³/mol. The van der Waals surface area contributed by atoms with E-state index in [2.05, 4.69) is 20.8 Å². The molecular formula is C5H10N4.